The largest absolute Gasteiger partial charge is 0.358 e. The predicted octanol–water partition coefficient (Wildman–Crippen LogP) is 2.99. The highest BCUT2D eigenvalue weighted by atomic mass is 19.2. The first-order valence-electron chi connectivity index (χ1n) is 4.63. The molecule has 0 amide bonds. The molecule has 3 heteroatoms. The first kappa shape index (κ1) is 10.1. The van der Waals surface area contributed by atoms with Crippen molar-refractivity contribution in [3.63, 3.8) is 0 Å². The zero-order valence-electron chi connectivity index (χ0n) is 7.95. The Labute approximate surface area is 86.4 Å². The molecule has 1 aromatic rings. The smallest absolute Gasteiger partial charge is 0.239 e. The fourth-order valence-electron chi connectivity index (χ4n) is 1.61. The van der Waals surface area contributed by atoms with E-state index in [1.54, 1.807) is 30.3 Å². The van der Waals surface area contributed by atoms with Crippen LogP contribution in [0.25, 0.3) is 5.57 Å². The zero-order valence-corrected chi connectivity index (χ0v) is 7.95. The average molecular weight is 208 g/mol. The van der Waals surface area contributed by atoms with Crippen molar-refractivity contribution in [2.45, 2.75) is 12.3 Å². The number of benzene rings is 1. The van der Waals surface area contributed by atoms with Crippen molar-refractivity contribution < 1.29 is 13.9 Å². The molecule has 0 heterocycles. The molecular weight excluding hydrogens is 198 g/mol. The molecule has 2 rings (SSSR count). The van der Waals surface area contributed by atoms with Crippen LogP contribution >= 0.6 is 0 Å². The summed E-state index contributed by atoms with van der Waals surface area (Å²) in [5.41, 5.74) is 0.663. The van der Waals surface area contributed by atoms with Gasteiger partial charge in [-0.25, -0.2) is 8.78 Å². The molecule has 1 atom stereocenters. The van der Waals surface area contributed by atoms with Crippen LogP contribution in [0.2, 0.25) is 0 Å². The standard InChI is InChI=1S/C12H10F2O/c13-10-6-7-11(12(14,15)8-10)9-4-2-1-3-5-9/h1-7,15H,8H2. The van der Waals surface area contributed by atoms with Crippen molar-refractivity contribution >= 4 is 5.57 Å². The molecule has 1 aliphatic rings. The molecule has 0 saturated carbocycles. The molecule has 0 fully saturated rings. The Morgan fingerprint density at radius 3 is 2.40 bits per heavy atom. The molecule has 1 aromatic carbocycles. The topological polar surface area (TPSA) is 20.2 Å². The fourth-order valence-corrected chi connectivity index (χ4v) is 1.61. The lowest BCUT2D eigenvalue weighted by Crippen LogP contribution is -2.26. The van der Waals surface area contributed by atoms with Crippen molar-refractivity contribution in [2.24, 2.45) is 0 Å². The van der Waals surface area contributed by atoms with E-state index in [0.29, 0.717) is 5.56 Å². The number of alkyl halides is 1. The number of hydrogen-bond donors (Lipinski definition) is 1. The summed E-state index contributed by atoms with van der Waals surface area (Å²) >= 11 is 0. The Hall–Kier alpha value is -1.48. The van der Waals surface area contributed by atoms with E-state index in [-0.39, 0.29) is 5.57 Å². The van der Waals surface area contributed by atoms with E-state index in [4.69, 9.17) is 0 Å². The van der Waals surface area contributed by atoms with Gasteiger partial charge in [-0.1, -0.05) is 36.4 Å². The van der Waals surface area contributed by atoms with Gasteiger partial charge < -0.3 is 5.11 Å². The van der Waals surface area contributed by atoms with Crippen LogP contribution in [0.3, 0.4) is 0 Å². The van der Waals surface area contributed by atoms with Crippen LogP contribution in [0.4, 0.5) is 8.78 Å². The van der Waals surface area contributed by atoms with Crippen LogP contribution in [0.1, 0.15) is 12.0 Å². The van der Waals surface area contributed by atoms with Crippen molar-refractivity contribution in [1.29, 1.82) is 0 Å². The van der Waals surface area contributed by atoms with Gasteiger partial charge in [-0.3, -0.25) is 0 Å². The van der Waals surface area contributed by atoms with E-state index >= 15 is 0 Å². The minimum absolute atomic E-state index is 0.101. The second kappa shape index (κ2) is 3.59. The molecule has 0 bridgehead atoms. The summed E-state index contributed by atoms with van der Waals surface area (Å²) in [4.78, 5) is 0. The molecule has 0 aromatic heterocycles. The SMILES string of the molecule is OC1(F)CC(F)=CC=C1c1ccccc1. The number of aliphatic hydroxyl groups is 1. The summed E-state index contributed by atoms with van der Waals surface area (Å²) in [5, 5.41) is 9.44. The lowest BCUT2D eigenvalue weighted by atomic mass is 9.92. The van der Waals surface area contributed by atoms with Gasteiger partial charge in [-0.15, -0.1) is 0 Å². The zero-order chi connectivity index (χ0) is 10.9. The summed E-state index contributed by atoms with van der Waals surface area (Å²) in [5.74, 6) is -3.26. The molecule has 1 aliphatic carbocycles. The van der Waals surface area contributed by atoms with E-state index in [0.717, 1.165) is 0 Å². The van der Waals surface area contributed by atoms with Gasteiger partial charge in [-0.05, 0) is 11.6 Å². The Morgan fingerprint density at radius 1 is 1.13 bits per heavy atom. The summed E-state index contributed by atoms with van der Waals surface area (Å²) in [6.07, 6.45) is 1.83. The van der Waals surface area contributed by atoms with E-state index in [1.165, 1.54) is 12.2 Å². The maximum atomic E-state index is 13.7. The Balaban J connectivity index is 2.45. The first-order chi connectivity index (χ1) is 7.09. The van der Waals surface area contributed by atoms with Crippen molar-refractivity contribution in [1.82, 2.24) is 0 Å². The van der Waals surface area contributed by atoms with Crippen molar-refractivity contribution in [3.05, 3.63) is 53.9 Å². The maximum Gasteiger partial charge on any atom is 0.239 e. The monoisotopic (exact) mass is 208 g/mol. The van der Waals surface area contributed by atoms with Crippen molar-refractivity contribution in [2.75, 3.05) is 0 Å². The third kappa shape index (κ3) is 1.97. The normalized spacial score (nSPS) is 25.8. The molecule has 0 saturated heterocycles. The van der Waals surface area contributed by atoms with E-state index < -0.39 is 18.1 Å². The lowest BCUT2D eigenvalue weighted by Gasteiger charge is -2.24. The van der Waals surface area contributed by atoms with Gasteiger partial charge in [0.15, 0.2) is 0 Å². The third-order valence-corrected chi connectivity index (χ3v) is 2.33. The average Bonchev–Trinajstić information content (AvgIpc) is 2.17. The van der Waals surface area contributed by atoms with Gasteiger partial charge >= 0.3 is 0 Å². The number of halogens is 2. The maximum absolute atomic E-state index is 13.7. The fraction of sp³-hybridized carbons (Fsp3) is 0.167. The summed E-state index contributed by atoms with van der Waals surface area (Å²) in [6.45, 7) is 0. The van der Waals surface area contributed by atoms with Gasteiger partial charge in [0.05, 0.1) is 6.42 Å². The Morgan fingerprint density at radius 2 is 1.80 bits per heavy atom. The lowest BCUT2D eigenvalue weighted by molar-refractivity contribution is -0.0344. The second-order valence-electron chi connectivity index (χ2n) is 3.50. The highest BCUT2D eigenvalue weighted by molar-refractivity contribution is 5.73. The molecular formula is C12H10F2O. The van der Waals surface area contributed by atoms with Crippen LogP contribution in [0, 0.1) is 0 Å². The highest BCUT2D eigenvalue weighted by Gasteiger charge is 2.35. The van der Waals surface area contributed by atoms with Crippen LogP contribution in [-0.2, 0) is 0 Å². The van der Waals surface area contributed by atoms with Gasteiger partial charge in [-0.2, -0.15) is 0 Å². The minimum atomic E-state index is -2.61. The van der Waals surface area contributed by atoms with Crippen LogP contribution in [0.15, 0.2) is 48.3 Å². The summed E-state index contributed by atoms with van der Waals surface area (Å²) in [7, 11) is 0. The van der Waals surface area contributed by atoms with Gasteiger partial charge in [0, 0.05) is 5.57 Å². The van der Waals surface area contributed by atoms with Crippen LogP contribution in [0.5, 0.6) is 0 Å². The quantitative estimate of drug-likeness (QED) is 0.752. The molecule has 1 nitrogen and oxygen atoms in total. The predicted molar refractivity (Wildman–Crippen MR) is 54.3 cm³/mol. The van der Waals surface area contributed by atoms with Crippen molar-refractivity contribution in [3.8, 4) is 0 Å². The summed E-state index contributed by atoms with van der Waals surface area (Å²) in [6, 6.07) is 8.61. The minimum Gasteiger partial charge on any atom is -0.358 e. The molecule has 1 N–H and O–H groups in total. The molecule has 0 spiro atoms. The molecule has 0 radical (unpaired) electrons. The molecule has 0 aliphatic heterocycles. The molecule has 15 heavy (non-hydrogen) atoms. The number of rotatable bonds is 1. The third-order valence-electron chi connectivity index (χ3n) is 2.33. The van der Waals surface area contributed by atoms with Crippen LogP contribution in [-0.4, -0.2) is 11.0 Å². The Kier molecular flexibility index (Phi) is 2.40. The Bertz CT molecular complexity index is 419. The van der Waals surface area contributed by atoms with E-state index in [2.05, 4.69) is 0 Å². The molecule has 1 unspecified atom stereocenters. The number of allylic oxidation sites excluding steroid dienone is 2. The van der Waals surface area contributed by atoms with E-state index in [9.17, 15) is 13.9 Å². The molecule has 78 valence electrons. The highest BCUT2D eigenvalue weighted by Crippen LogP contribution is 2.37. The van der Waals surface area contributed by atoms with Gasteiger partial charge in [0.1, 0.15) is 5.83 Å². The van der Waals surface area contributed by atoms with E-state index in [1.807, 2.05) is 0 Å². The second-order valence-corrected chi connectivity index (χ2v) is 3.50. The van der Waals surface area contributed by atoms with Gasteiger partial charge in [0.2, 0.25) is 5.85 Å². The summed E-state index contributed by atoms with van der Waals surface area (Å²) < 4.78 is 26.5. The van der Waals surface area contributed by atoms with Gasteiger partial charge in [0.25, 0.3) is 0 Å². The first-order valence-corrected chi connectivity index (χ1v) is 4.63. The number of hydrogen-bond acceptors (Lipinski definition) is 1. The van der Waals surface area contributed by atoms with Crippen LogP contribution < -0.4 is 0 Å².